The summed E-state index contributed by atoms with van der Waals surface area (Å²) < 4.78 is 10.6. The number of methoxy groups -OCH3 is 1. The van der Waals surface area contributed by atoms with E-state index in [4.69, 9.17) is 9.47 Å². The van der Waals surface area contributed by atoms with Gasteiger partial charge in [0.25, 0.3) is 5.91 Å². The number of anilines is 1. The topological polar surface area (TPSA) is 63.2 Å². The standard InChI is InChI=1S/C22H23N3O3S/c1-15-13-18(25-9-11-28-12-10-25)6-3-16(15)14-20-21(26)24-22(29-20)23-17-4-7-19(27-2)8-5-17/h3-8,13-14H,9-12H2,1-2H3,(H,23,24,26)/b20-14+. The molecule has 2 aliphatic heterocycles. The summed E-state index contributed by atoms with van der Waals surface area (Å²) in [5.41, 5.74) is 4.12. The van der Waals surface area contributed by atoms with Crippen molar-refractivity contribution >= 4 is 40.3 Å². The van der Waals surface area contributed by atoms with Gasteiger partial charge in [-0.3, -0.25) is 4.79 Å². The Kier molecular flexibility index (Phi) is 5.87. The van der Waals surface area contributed by atoms with Crippen molar-refractivity contribution in [2.24, 2.45) is 4.99 Å². The molecule has 2 heterocycles. The Hall–Kier alpha value is -2.77. The van der Waals surface area contributed by atoms with Crippen LogP contribution < -0.4 is 15.0 Å². The van der Waals surface area contributed by atoms with Crippen molar-refractivity contribution in [3.05, 3.63) is 58.5 Å². The lowest BCUT2D eigenvalue weighted by atomic mass is 10.1. The zero-order valence-corrected chi connectivity index (χ0v) is 17.3. The normalized spacial score (nSPS) is 19.7. The predicted octanol–water partition coefficient (Wildman–Crippen LogP) is 3.73. The third kappa shape index (κ3) is 4.63. The fraction of sp³-hybridized carbons (Fsp3) is 0.273. The van der Waals surface area contributed by atoms with Crippen LogP contribution in [0.5, 0.6) is 5.75 Å². The van der Waals surface area contributed by atoms with Crippen LogP contribution in [0, 0.1) is 6.92 Å². The zero-order valence-electron chi connectivity index (χ0n) is 16.5. The van der Waals surface area contributed by atoms with Gasteiger partial charge in [-0.1, -0.05) is 6.07 Å². The Morgan fingerprint density at radius 3 is 2.62 bits per heavy atom. The number of nitrogens with zero attached hydrogens (tertiary/aromatic N) is 2. The van der Waals surface area contributed by atoms with E-state index in [0.29, 0.717) is 10.1 Å². The van der Waals surface area contributed by atoms with E-state index >= 15 is 0 Å². The van der Waals surface area contributed by atoms with E-state index in [9.17, 15) is 4.79 Å². The van der Waals surface area contributed by atoms with E-state index in [0.717, 1.165) is 48.9 Å². The highest BCUT2D eigenvalue weighted by Gasteiger charge is 2.24. The highest BCUT2D eigenvalue weighted by molar-refractivity contribution is 8.18. The molecule has 0 bridgehead atoms. The average molecular weight is 410 g/mol. The highest BCUT2D eigenvalue weighted by atomic mass is 32.2. The molecule has 29 heavy (non-hydrogen) atoms. The lowest BCUT2D eigenvalue weighted by molar-refractivity contribution is -0.115. The smallest absolute Gasteiger partial charge is 0.264 e. The van der Waals surface area contributed by atoms with Crippen molar-refractivity contribution in [3.8, 4) is 5.75 Å². The lowest BCUT2D eigenvalue weighted by Crippen LogP contribution is -2.36. The number of carbonyl (C=O) groups is 1. The molecule has 2 saturated heterocycles. The molecule has 2 aliphatic rings. The predicted molar refractivity (Wildman–Crippen MR) is 118 cm³/mol. The second-order valence-corrected chi connectivity index (χ2v) is 7.85. The van der Waals surface area contributed by atoms with Crippen molar-refractivity contribution in [2.75, 3.05) is 38.3 Å². The van der Waals surface area contributed by atoms with Crippen LogP contribution in [0.1, 0.15) is 11.1 Å². The number of ether oxygens (including phenoxy) is 2. The van der Waals surface area contributed by atoms with Crippen LogP contribution in [0.4, 0.5) is 11.4 Å². The number of nitrogens with one attached hydrogen (secondary N) is 1. The molecule has 0 unspecified atom stereocenters. The maximum absolute atomic E-state index is 12.4. The molecule has 0 aromatic heterocycles. The van der Waals surface area contributed by atoms with Crippen molar-refractivity contribution in [3.63, 3.8) is 0 Å². The van der Waals surface area contributed by atoms with E-state index in [1.807, 2.05) is 30.3 Å². The summed E-state index contributed by atoms with van der Waals surface area (Å²) in [6, 6.07) is 13.7. The van der Waals surface area contributed by atoms with Gasteiger partial charge >= 0.3 is 0 Å². The maximum atomic E-state index is 12.4. The molecule has 1 amide bonds. The van der Waals surface area contributed by atoms with Gasteiger partial charge in [-0.2, -0.15) is 0 Å². The van der Waals surface area contributed by atoms with Gasteiger partial charge in [0.1, 0.15) is 5.75 Å². The van der Waals surface area contributed by atoms with Gasteiger partial charge in [-0.15, -0.1) is 0 Å². The number of amides is 1. The third-order valence-corrected chi connectivity index (χ3v) is 5.78. The van der Waals surface area contributed by atoms with E-state index in [1.165, 1.54) is 17.4 Å². The van der Waals surface area contributed by atoms with Crippen LogP contribution in [0.3, 0.4) is 0 Å². The quantitative estimate of drug-likeness (QED) is 0.780. The lowest BCUT2D eigenvalue weighted by Gasteiger charge is -2.29. The minimum atomic E-state index is -0.126. The summed E-state index contributed by atoms with van der Waals surface area (Å²) in [6.45, 7) is 5.41. The fourth-order valence-electron chi connectivity index (χ4n) is 3.24. The number of hydrogen-bond acceptors (Lipinski definition) is 6. The van der Waals surface area contributed by atoms with Gasteiger partial charge in [0.2, 0.25) is 0 Å². The minimum Gasteiger partial charge on any atom is -0.497 e. The van der Waals surface area contributed by atoms with E-state index in [1.54, 1.807) is 7.11 Å². The minimum absolute atomic E-state index is 0.126. The van der Waals surface area contributed by atoms with Crippen LogP contribution in [0.25, 0.3) is 6.08 Å². The molecular weight excluding hydrogens is 386 g/mol. The molecule has 2 aromatic carbocycles. The van der Waals surface area contributed by atoms with Crippen molar-refractivity contribution in [1.29, 1.82) is 0 Å². The van der Waals surface area contributed by atoms with Crippen molar-refractivity contribution in [1.82, 2.24) is 5.32 Å². The number of carbonyl (C=O) groups excluding carboxylic acids is 1. The van der Waals surface area contributed by atoms with Gasteiger partial charge in [-0.05, 0) is 72.3 Å². The Bertz CT molecular complexity index is 964. The van der Waals surface area contributed by atoms with Crippen LogP contribution in [-0.2, 0) is 9.53 Å². The number of aliphatic imine (C=N–C) groups is 1. The average Bonchev–Trinajstić information content (AvgIpc) is 3.09. The summed E-state index contributed by atoms with van der Waals surface area (Å²) in [4.78, 5) is 19.9. The monoisotopic (exact) mass is 409 g/mol. The largest absolute Gasteiger partial charge is 0.497 e. The molecule has 0 spiro atoms. The van der Waals surface area contributed by atoms with E-state index in [-0.39, 0.29) is 5.91 Å². The number of benzene rings is 2. The molecular formula is C22H23N3O3S. The number of morpholine rings is 1. The van der Waals surface area contributed by atoms with Crippen LogP contribution >= 0.6 is 11.8 Å². The first-order valence-corrected chi connectivity index (χ1v) is 10.3. The Balaban J connectivity index is 1.50. The second kappa shape index (κ2) is 8.71. The highest BCUT2D eigenvalue weighted by Crippen LogP contribution is 2.30. The summed E-state index contributed by atoms with van der Waals surface area (Å²) in [5.74, 6) is 0.646. The molecule has 2 fully saturated rings. The molecule has 6 nitrogen and oxygen atoms in total. The van der Waals surface area contributed by atoms with Crippen LogP contribution in [-0.4, -0.2) is 44.5 Å². The number of amidine groups is 1. The number of aryl methyl sites for hydroxylation is 1. The summed E-state index contributed by atoms with van der Waals surface area (Å²) >= 11 is 1.35. The first kappa shape index (κ1) is 19.5. The molecule has 7 heteroatoms. The number of rotatable bonds is 4. The molecule has 0 aliphatic carbocycles. The number of thioether (sulfide) groups is 1. The van der Waals surface area contributed by atoms with Crippen LogP contribution in [0.15, 0.2) is 52.4 Å². The zero-order chi connectivity index (χ0) is 20.2. The second-order valence-electron chi connectivity index (χ2n) is 6.82. The van der Waals surface area contributed by atoms with E-state index in [2.05, 4.69) is 40.3 Å². The van der Waals surface area contributed by atoms with E-state index < -0.39 is 0 Å². The first-order valence-electron chi connectivity index (χ1n) is 9.49. The fourth-order valence-corrected chi connectivity index (χ4v) is 4.07. The SMILES string of the molecule is COc1ccc(N=C2NC(=O)/C(=C\c3ccc(N4CCOCC4)cc3C)S2)cc1. The Morgan fingerprint density at radius 2 is 1.93 bits per heavy atom. The van der Waals surface area contributed by atoms with Gasteiger partial charge < -0.3 is 19.7 Å². The van der Waals surface area contributed by atoms with Gasteiger partial charge in [0.05, 0.1) is 30.9 Å². The molecule has 0 radical (unpaired) electrons. The van der Waals surface area contributed by atoms with Gasteiger partial charge in [0, 0.05) is 18.8 Å². The van der Waals surface area contributed by atoms with Gasteiger partial charge in [0.15, 0.2) is 5.17 Å². The van der Waals surface area contributed by atoms with Crippen molar-refractivity contribution < 1.29 is 14.3 Å². The molecule has 1 N–H and O–H groups in total. The summed E-state index contributed by atoms with van der Waals surface area (Å²) in [5, 5.41) is 3.41. The summed E-state index contributed by atoms with van der Waals surface area (Å²) in [7, 11) is 1.63. The molecule has 4 rings (SSSR count). The summed E-state index contributed by atoms with van der Waals surface area (Å²) in [6.07, 6.45) is 1.93. The Labute approximate surface area is 174 Å². The van der Waals surface area contributed by atoms with Crippen molar-refractivity contribution in [2.45, 2.75) is 6.92 Å². The molecule has 0 saturated carbocycles. The van der Waals surface area contributed by atoms with Gasteiger partial charge in [-0.25, -0.2) is 4.99 Å². The number of hydrogen-bond donors (Lipinski definition) is 1. The Morgan fingerprint density at radius 1 is 1.17 bits per heavy atom. The first-order chi connectivity index (χ1) is 14.1. The third-order valence-electron chi connectivity index (χ3n) is 4.87. The molecule has 0 atom stereocenters. The molecule has 2 aromatic rings. The van der Waals surface area contributed by atoms with Crippen LogP contribution in [0.2, 0.25) is 0 Å². The molecule has 150 valence electrons. The maximum Gasteiger partial charge on any atom is 0.264 e.